The van der Waals surface area contributed by atoms with E-state index in [-0.39, 0.29) is 32.0 Å². The number of benzene rings is 1. The molecule has 0 radical (unpaired) electrons. The first-order chi connectivity index (χ1) is 16.6. The van der Waals surface area contributed by atoms with E-state index in [0.29, 0.717) is 25.8 Å². The fourth-order valence-electron chi connectivity index (χ4n) is 4.07. The van der Waals surface area contributed by atoms with Crippen LogP contribution in [0.15, 0.2) is 35.3 Å². The average Bonchev–Trinajstić information content (AvgIpc) is 3.30. The van der Waals surface area contributed by atoms with E-state index in [0.717, 1.165) is 5.56 Å². The maximum atomic E-state index is 13.5. The number of carbonyl (C=O) groups is 4. The molecule has 1 aromatic rings. The standard InChI is InChI=1S/C24H36N6O5/c1-3-35-23(34)29-17(15-16-9-5-4-6-10-16)21(33)30-14-7-11-18(30)19(31)20(32)24(2,27)12-8-13-28-22(25)26/h4-6,9-10,17-18H,3,7-8,11-15,27H2,1-2H3,(H,29,34)(H4,25,26,28)/t17-,18+,24+/m1/s1. The van der Waals surface area contributed by atoms with E-state index in [9.17, 15) is 19.2 Å². The van der Waals surface area contributed by atoms with Gasteiger partial charge in [0.1, 0.15) is 6.04 Å². The number of alkyl carbamates (subject to hydrolysis) is 1. The summed E-state index contributed by atoms with van der Waals surface area (Å²) in [7, 11) is 0. The predicted molar refractivity (Wildman–Crippen MR) is 131 cm³/mol. The molecule has 1 aromatic carbocycles. The van der Waals surface area contributed by atoms with E-state index in [1.54, 1.807) is 6.92 Å². The van der Waals surface area contributed by atoms with Crippen LogP contribution in [0.25, 0.3) is 0 Å². The van der Waals surface area contributed by atoms with Crippen molar-refractivity contribution in [1.82, 2.24) is 10.2 Å². The number of likely N-dealkylation sites (tertiary alicyclic amines) is 1. The number of ether oxygens (including phenoxy) is 1. The minimum atomic E-state index is -1.42. The molecule has 0 saturated carbocycles. The third kappa shape index (κ3) is 8.06. The van der Waals surface area contributed by atoms with Crippen LogP contribution in [0.1, 0.15) is 45.1 Å². The molecule has 2 amide bonds. The molecule has 1 heterocycles. The van der Waals surface area contributed by atoms with Crippen molar-refractivity contribution in [3.8, 4) is 0 Å². The topological polar surface area (TPSA) is 183 Å². The van der Waals surface area contributed by atoms with Gasteiger partial charge in [-0.1, -0.05) is 30.3 Å². The SMILES string of the molecule is CCOC(=O)N[C@H](Cc1ccccc1)C(=O)N1CCC[C@H]1C(=O)C(=O)[C@@](C)(N)CCCN=C(N)N. The summed E-state index contributed by atoms with van der Waals surface area (Å²) < 4.78 is 4.96. The number of hydrogen-bond acceptors (Lipinski definition) is 7. The molecule has 0 aromatic heterocycles. The molecule has 3 atom stereocenters. The summed E-state index contributed by atoms with van der Waals surface area (Å²) in [5.41, 5.74) is 16.2. The summed E-state index contributed by atoms with van der Waals surface area (Å²) in [6.07, 6.45) is 1.01. The van der Waals surface area contributed by atoms with E-state index in [4.69, 9.17) is 21.9 Å². The van der Waals surface area contributed by atoms with Gasteiger partial charge in [0.15, 0.2) is 5.96 Å². The Morgan fingerprint density at radius 1 is 1.23 bits per heavy atom. The Labute approximate surface area is 205 Å². The van der Waals surface area contributed by atoms with Crippen molar-refractivity contribution in [1.29, 1.82) is 0 Å². The Hall–Kier alpha value is -3.47. The second-order valence-electron chi connectivity index (χ2n) is 8.82. The number of aliphatic imine (C=N–C) groups is 1. The van der Waals surface area contributed by atoms with Crippen LogP contribution in [-0.2, 0) is 25.5 Å². The van der Waals surface area contributed by atoms with Gasteiger partial charge in [-0.2, -0.15) is 0 Å². The molecule has 2 rings (SSSR count). The Kier molecular flexibility index (Phi) is 10.2. The monoisotopic (exact) mass is 488 g/mol. The van der Waals surface area contributed by atoms with Gasteiger partial charge in [-0.3, -0.25) is 19.4 Å². The minimum absolute atomic E-state index is 0.0623. The van der Waals surface area contributed by atoms with Crippen LogP contribution < -0.4 is 22.5 Å². The number of ketones is 2. The molecule has 1 aliphatic rings. The fraction of sp³-hybridized carbons (Fsp3) is 0.542. The van der Waals surface area contributed by atoms with Crippen molar-refractivity contribution in [2.24, 2.45) is 22.2 Å². The largest absolute Gasteiger partial charge is 0.450 e. The van der Waals surface area contributed by atoms with Crippen molar-refractivity contribution in [2.45, 2.75) is 63.6 Å². The zero-order chi connectivity index (χ0) is 26.0. The van der Waals surface area contributed by atoms with Crippen LogP contribution in [-0.4, -0.2) is 71.7 Å². The van der Waals surface area contributed by atoms with Gasteiger partial charge in [0.05, 0.1) is 18.2 Å². The Balaban J connectivity index is 2.15. The number of nitrogens with two attached hydrogens (primary N) is 3. The predicted octanol–water partition coefficient (Wildman–Crippen LogP) is 0.244. The molecular weight excluding hydrogens is 452 g/mol. The minimum Gasteiger partial charge on any atom is -0.450 e. The number of nitrogens with zero attached hydrogens (tertiary/aromatic N) is 2. The van der Waals surface area contributed by atoms with Gasteiger partial charge in [0.2, 0.25) is 17.5 Å². The normalized spacial score (nSPS) is 17.7. The van der Waals surface area contributed by atoms with Crippen molar-refractivity contribution >= 4 is 29.5 Å². The van der Waals surface area contributed by atoms with Gasteiger partial charge in [-0.15, -0.1) is 0 Å². The molecule has 11 nitrogen and oxygen atoms in total. The summed E-state index contributed by atoms with van der Waals surface area (Å²) in [6.45, 7) is 3.88. The Morgan fingerprint density at radius 3 is 2.54 bits per heavy atom. The quantitative estimate of drug-likeness (QED) is 0.140. The number of carbonyl (C=O) groups excluding carboxylic acids is 4. The maximum Gasteiger partial charge on any atom is 0.407 e. The molecule has 1 aliphatic heterocycles. The zero-order valence-corrected chi connectivity index (χ0v) is 20.4. The highest BCUT2D eigenvalue weighted by atomic mass is 16.5. The highest BCUT2D eigenvalue weighted by molar-refractivity contribution is 6.42. The highest BCUT2D eigenvalue weighted by Gasteiger charge is 2.43. The molecular formula is C24H36N6O5. The smallest absolute Gasteiger partial charge is 0.407 e. The third-order valence-corrected chi connectivity index (χ3v) is 5.88. The zero-order valence-electron chi connectivity index (χ0n) is 20.4. The first-order valence-electron chi connectivity index (χ1n) is 11.8. The Bertz CT molecular complexity index is 930. The van der Waals surface area contributed by atoms with Gasteiger partial charge in [0.25, 0.3) is 0 Å². The second-order valence-corrected chi connectivity index (χ2v) is 8.82. The van der Waals surface area contributed by atoms with Crippen LogP contribution in [0, 0.1) is 0 Å². The molecule has 11 heteroatoms. The summed E-state index contributed by atoms with van der Waals surface area (Å²) >= 11 is 0. The van der Waals surface area contributed by atoms with Gasteiger partial charge in [-0.05, 0) is 45.1 Å². The van der Waals surface area contributed by atoms with Gasteiger partial charge in [-0.25, -0.2) is 4.79 Å². The average molecular weight is 489 g/mol. The number of rotatable bonds is 12. The first-order valence-corrected chi connectivity index (χ1v) is 11.8. The van der Waals surface area contributed by atoms with Crippen LogP contribution in [0.4, 0.5) is 4.79 Å². The fourth-order valence-corrected chi connectivity index (χ4v) is 4.07. The number of amides is 2. The van der Waals surface area contributed by atoms with Crippen LogP contribution in [0.2, 0.25) is 0 Å². The van der Waals surface area contributed by atoms with Crippen molar-refractivity contribution in [3.05, 3.63) is 35.9 Å². The molecule has 0 bridgehead atoms. The van der Waals surface area contributed by atoms with Crippen LogP contribution in [0.3, 0.4) is 0 Å². The van der Waals surface area contributed by atoms with Gasteiger partial charge in [0, 0.05) is 19.5 Å². The number of nitrogens with one attached hydrogen (secondary N) is 1. The number of Topliss-reactive ketones (excluding diaryl/α,β-unsaturated/α-hetero) is 2. The third-order valence-electron chi connectivity index (χ3n) is 5.88. The molecule has 7 N–H and O–H groups in total. The maximum absolute atomic E-state index is 13.5. The lowest BCUT2D eigenvalue weighted by molar-refractivity contribution is -0.146. The molecule has 0 spiro atoms. The number of guanidine groups is 1. The van der Waals surface area contributed by atoms with E-state index in [2.05, 4.69) is 10.3 Å². The summed E-state index contributed by atoms with van der Waals surface area (Å²) in [5, 5.41) is 2.60. The lowest BCUT2D eigenvalue weighted by Crippen LogP contribution is -2.57. The van der Waals surface area contributed by atoms with Crippen LogP contribution >= 0.6 is 0 Å². The van der Waals surface area contributed by atoms with Gasteiger partial charge < -0.3 is 32.2 Å². The van der Waals surface area contributed by atoms with Gasteiger partial charge >= 0.3 is 6.09 Å². The van der Waals surface area contributed by atoms with Crippen LogP contribution in [0.5, 0.6) is 0 Å². The van der Waals surface area contributed by atoms with E-state index < -0.39 is 41.2 Å². The molecule has 192 valence electrons. The highest BCUT2D eigenvalue weighted by Crippen LogP contribution is 2.23. The Morgan fingerprint density at radius 2 is 1.91 bits per heavy atom. The molecule has 0 aliphatic carbocycles. The van der Waals surface area contributed by atoms with Crippen molar-refractivity contribution in [2.75, 3.05) is 19.7 Å². The molecule has 1 fully saturated rings. The molecule has 0 unspecified atom stereocenters. The molecule has 35 heavy (non-hydrogen) atoms. The lowest BCUT2D eigenvalue weighted by Gasteiger charge is -2.30. The van der Waals surface area contributed by atoms with Crippen molar-refractivity contribution < 1.29 is 23.9 Å². The van der Waals surface area contributed by atoms with E-state index >= 15 is 0 Å². The first kappa shape index (κ1) is 27.8. The summed E-state index contributed by atoms with van der Waals surface area (Å²) in [4.78, 5) is 57.0. The van der Waals surface area contributed by atoms with E-state index in [1.807, 2.05) is 30.3 Å². The van der Waals surface area contributed by atoms with Crippen molar-refractivity contribution in [3.63, 3.8) is 0 Å². The number of hydrogen-bond donors (Lipinski definition) is 4. The molecule has 1 saturated heterocycles. The second kappa shape index (κ2) is 12.8. The lowest BCUT2D eigenvalue weighted by atomic mass is 9.87. The van der Waals surface area contributed by atoms with E-state index in [1.165, 1.54) is 11.8 Å². The summed E-state index contributed by atoms with van der Waals surface area (Å²) in [6, 6.07) is 7.30. The summed E-state index contributed by atoms with van der Waals surface area (Å²) in [5.74, 6) is -1.97.